The highest BCUT2D eigenvalue weighted by Crippen LogP contribution is 2.29. The minimum Gasteiger partial charge on any atom is -0.494 e. The van der Waals surface area contributed by atoms with E-state index in [2.05, 4.69) is 11.4 Å². The van der Waals surface area contributed by atoms with Gasteiger partial charge in [0, 0.05) is 22.1 Å². The summed E-state index contributed by atoms with van der Waals surface area (Å²) in [5.74, 6) is 0.238. The molecule has 0 bridgehead atoms. The quantitative estimate of drug-likeness (QED) is 0.389. The molecule has 1 aromatic heterocycles. The maximum absolute atomic E-state index is 13.5. The molecule has 1 saturated heterocycles. The lowest BCUT2D eigenvalue weighted by Crippen LogP contribution is -2.39. The van der Waals surface area contributed by atoms with Crippen LogP contribution in [-0.2, 0) is 16.0 Å². The van der Waals surface area contributed by atoms with E-state index in [4.69, 9.17) is 28.6 Å². The molecule has 0 saturated carbocycles. The van der Waals surface area contributed by atoms with Crippen molar-refractivity contribution in [2.24, 2.45) is 0 Å². The largest absolute Gasteiger partial charge is 0.494 e. The fourth-order valence-electron chi connectivity index (χ4n) is 3.79. The minimum atomic E-state index is -0.689. The third-order valence-corrected chi connectivity index (χ3v) is 7.02. The Kier molecular flexibility index (Phi) is 7.82. The van der Waals surface area contributed by atoms with Gasteiger partial charge < -0.3 is 15.0 Å². The number of ether oxygens (including phenoxy) is 1. The number of nitrogens with zero attached hydrogens (tertiary/aromatic N) is 2. The van der Waals surface area contributed by atoms with E-state index in [1.54, 1.807) is 35.6 Å². The van der Waals surface area contributed by atoms with Crippen LogP contribution in [0.5, 0.6) is 5.75 Å². The number of amides is 2. The van der Waals surface area contributed by atoms with Crippen LogP contribution in [0.4, 0.5) is 11.4 Å². The first-order valence-electron chi connectivity index (χ1n) is 10.9. The number of thiophene rings is 1. The van der Waals surface area contributed by atoms with Crippen molar-refractivity contribution in [1.29, 1.82) is 0 Å². The van der Waals surface area contributed by atoms with Crippen LogP contribution in [0, 0.1) is 0 Å². The summed E-state index contributed by atoms with van der Waals surface area (Å²) in [4.78, 5) is 30.9. The predicted octanol–water partition coefficient (Wildman–Crippen LogP) is 5.37. The molecular weight excluding hydrogens is 490 g/mol. The summed E-state index contributed by atoms with van der Waals surface area (Å²) < 4.78 is 5.51. The van der Waals surface area contributed by atoms with Crippen LogP contribution in [0.25, 0.3) is 0 Å². The standard InChI is InChI=1S/C25H24ClN3O3S2/c1-2-32-20-11-9-19(10-12-20)29-24(31)22(16-23(30)27-18-7-5-17(26)6-8-18)28(25(29)33)14-13-21-4-3-15-34-21/h3-12,15,22H,2,13-14,16H2,1H3,(H,27,30)/t22-/m0/s1. The monoisotopic (exact) mass is 513 g/mol. The average Bonchev–Trinajstić information content (AvgIpc) is 3.42. The summed E-state index contributed by atoms with van der Waals surface area (Å²) in [6.07, 6.45) is 0.719. The number of rotatable bonds is 9. The lowest BCUT2D eigenvalue weighted by Gasteiger charge is -2.23. The normalized spacial score (nSPS) is 15.6. The van der Waals surface area contributed by atoms with Gasteiger partial charge in [0.05, 0.1) is 18.7 Å². The smallest absolute Gasteiger partial charge is 0.256 e. The summed E-state index contributed by atoms with van der Waals surface area (Å²) in [6, 6.07) is 17.5. The molecule has 3 aromatic rings. The van der Waals surface area contributed by atoms with E-state index in [-0.39, 0.29) is 18.2 Å². The third kappa shape index (κ3) is 5.58. The highest BCUT2D eigenvalue weighted by molar-refractivity contribution is 7.80. The summed E-state index contributed by atoms with van der Waals surface area (Å²) in [5.41, 5.74) is 1.27. The van der Waals surface area contributed by atoms with Crippen LogP contribution in [0.3, 0.4) is 0 Å². The molecular formula is C25H24ClN3O3S2. The number of hydrogen-bond donors (Lipinski definition) is 1. The molecule has 2 heterocycles. The third-order valence-electron chi connectivity index (χ3n) is 5.41. The number of thiocarbonyl (C=S) groups is 1. The molecule has 4 rings (SSSR count). The summed E-state index contributed by atoms with van der Waals surface area (Å²) in [7, 11) is 0. The van der Waals surface area contributed by atoms with E-state index in [0.717, 1.165) is 12.2 Å². The molecule has 1 aliphatic heterocycles. The molecule has 1 atom stereocenters. The molecule has 0 aliphatic carbocycles. The fraction of sp³-hybridized carbons (Fsp3) is 0.240. The number of carbonyl (C=O) groups excluding carboxylic acids is 2. The SMILES string of the molecule is CCOc1ccc(N2C(=O)[C@H](CC(=O)Nc3ccc(Cl)cc3)N(CCc3cccs3)C2=S)cc1. The molecule has 1 fully saturated rings. The summed E-state index contributed by atoms with van der Waals surface area (Å²) in [5, 5.41) is 5.85. The van der Waals surface area contributed by atoms with Crippen molar-refractivity contribution in [3.8, 4) is 5.75 Å². The van der Waals surface area contributed by atoms with Crippen molar-refractivity contribution in [3.63, 3.8) is 0 Å². The molecule has 1 aliphatic rings. The number of benzene rings is 2. The molecule has 9 heteroatoms. The zero-order valence-corrected chi connectivity index (χ0v) is 21.0. The summed E-state index contributed by atoms with van der Waals surface area (Å²) in [6.45, 7) is 3.01. The molecule has 2 amide bonds. The molecule has 34 heavy (non-hydrogen) atoms. The molecule has 2 aromatic carbocycles. The van der Waals surface area contributed by atoms with Crippen LogP contribution in [0.2, 0.25) is 5.02 Å². The number of hydrogen-bond acceptors (Lipinski definition) is 5. The second-order valence-corrected chi connectivity index (χ2v) is 9.51. The Balaban J connectivity index is 1.54. The van der Waals surface area contributed by atoms with Crippen molar-refractivity contribution in [1.82, 2.24) is 4.90 Å². The van der Waals surface area contributed by atoms with Crippen LogP contribution < -0.4 is 15.0 Å². The van der Waals surface area contributed by atoms with Gasteiger partial charge in [-0.2, -0.15) is 0 Å². The van der Waals surface area contributed by atoms with E-state index in [0.29, 0.717) is 34.7 Å². The molecule has 0 radical (unpaired) electrons. The van der Waals surface area contributed by atoms with Gasteiger partial charge in [0.1, 0.15) is 11.8 Å². The second kappa shape index (κ2) is 11.0. The van der Waals surface area contributed by atoms with E-state index in [1.807, 2.05) is 47.5 Å². The maximum atomic E-state index is 13.5. The fourth-order valence-corrected chi connectivity index (χ4v) is 5.03. The number of anilines is 2. The lowest BCUT2D eigenvalue weighted by atomic mass is 10.1. The van der Waals surface area contributed by atoms with Crippen molar-refractivity contribution < 1.29 is 14.3 Å². The zero-order chi connectivity index (χ0) is 24.1. The van der Waals surface area contributed by atoms with Gasteiger partial charge in [0.2, 0.25) is 5.91 Å². The van der Waals surface area contributed by atoms with Crippen molar-refractivity contribution in [2.75, 3.05) is 23.4 Å². The number of carbonyl (C=O) groups is 2. The molecule has 0 spiro atoms. The molecule has 6 nitrogen and oxygen atoms in total. The van der Waals surface area contributed by atoms with Gasteiger partial charge >= 0.3 is 0 Å². The maximum Gasteiger partial charge on any atom is 0.256 e. The van der Waals surface area contributed by atoms with Gasteiger partial charge in [-0.15, -0.1) is 11.3 Å². The van der Waals surface area contributed by atoms with Crippen molar-refractivity contribution in [2.45, 2.75) is 25.8 Å². The van der Waals surface area contributed by atoms with Crippen LogP contribution >= 0.6 is 35.2 Å². The van der Waals surface area contributed by atoms with Crippen LogP contribution in [-0.4, -0.2) is 41.0 Å². The van der Waals surface area contributed by atoms with Gasteiger partial charge in [-0.3, -0.25) is 14.5 Å². The lowest BCUT2D eigenvalue weighted by molar-refractivity contribution is -0.124. The van der Waals surface area contributed by atoms with E-state index in [1.165, 1.54) is 9.78 Å². The number of nitrogens with one attached hydrogen (secondary N) is 1. The van der Waals surface area contributed by atoms with Crippen LogP contribution in [0.15, 0.2) is 66.0 Å². The Morgan fingerprint density at radius 3 is 2.53 bits per heavy atom. The first-order valence-corrected chi connectivity index (χ1v) is 12.6. The van der Waals surface area contributed by atoms with Crippen molar-refractivity contribution in [3.05, 3.63) is 75.9 Å². The first-order chi connectivity index (χ1) is 16.5. The predicted molar refractivity (Wildman–Crippen MR) is 141 cm³/mol. The van der Waals surface area contributed by atoms with Gasteiger partial charge in [-0.05, 0) is 85.5 Å². The molecule has 0 unspecified atom stereocenters. The second-order valence-electron chi connectivity index (χ2n) is 7.68. The number of halogens is 1. The first kappa shape index (κ1) is 24.2. The van der Waals surface area contributed by atoms with E-state index < -0.39 is 6.04 Å². The topological polar surface area (TPSA) is 61.9 Å². The Bertz CT molecular complexity index is 1150. The zero-order valence-electron chi connectivity index (χ0n) is 18.6. The minimum absolute atomic E-state index is 0.0143. The molecule has 176 valence electrons. The Labute approximate surface area is 213 Å². The Morgan fingerprint density at radius 1 is 1.15 bits per heavy atom. The van der Waals surface area contributed by atoms with Crippen molar-refractivity contribution >= 4 is 63.5 Å². The van der Waals surface area contributed by atoms with Gasteiger partial charge in [0.15, 0.2) is 5.11 Å². The van der Waals surface area contributed by atoms with Crippen LogP contribution in [0.1, 0.15) is 18.2 Å². The van der Waals surface area contributed by atoms with Gasteiger partial charge in [0.25, 0.3) is 5.91 Å². The summed E-state index contributed by atoms with van der Waals surface area (Å²) >= 11 is 13.3. The average molecular weight is 514 g/mol. The van der Waals surface area contributed by atoms with Gasteiger partial charge in [-0.25, -0.2) is 0 Å². The van der Waals surface area contributed by atoms with E-state index >= 15 is 0 Å². The highest BCUT2D eigenvalue weighted by atomic mass is 35.5. The van der Waals surface area contributed by atoms with E-state index in [9.17, 15) is 9.59 Å². The molecule has 1 N–H and O–H groups in total. The Morgan fingerprint density at radius 2 is 1.88 bits per heavy atom. The highest BCUT2D eigenvalue weighted by Gasteiger charge is 2.43. The van der Waals surface area contributed by atoms with Gasteiger partial charge in [-0.1, -0.05) is 17.7 Å². The Hall–Kier alpha value is -2.94.